The first-order valence-corrected chi connectivity index (χ1v) is 7.82. The van der Waals surface area contributed by atoms with Crippen LogP contribution in [0.2, 0.25) is 0 Å². The van der Waals surface area contributed by atoms with Gasteiger partial charge in [0.1, 0.15) is 0 Å². The largest absolute Gasteiger partial charge is 0.310 e. The number of benzene rings is 2. The van der Waals surface area contributed by atoms with Gasteiger partial charge in [-0.15, -0.1) is 0 Å². The Kier molecular flexibility index (Phi) is 4.25. The Morgan fingerprint density at radius 2 is 1.68 bits per heavy atom. The van der Waals surface area contributed by atoms with Gasteiger partial charge in [-0.05, 0) is 31.0 Å². The fourth-order valence-corrected chi connectivity index (χ4v) is 3.05. The average Bonchev–Trinajstić information content (AvgIpc) is 2.54. The van der Waals surface area contributed by atoms with E-state index < -0.39 is 0 Å². The zero-order valence-corrected chi connectivity index (χ0v) is 13.2. The number of carbonyl (C=O) groups is 1. The zero-order valence-electron chi connectivity index (χ0n) is 13.2. The summed E-state index contributed by atoms with van der Waals surface area (Å²) in [4.78, 5) is 17.0. The highest BCUT2D eigenvalue weighted by Gasteiger charge is 2.32. The minimum Gasteiger partial charge on any atom is -0.310 e. The number of anilines is 1. The molecule has 0 aliphatic carbocycles. The van der Waals surface area contributed by atoms with Crippen LogP contribution >= 0.6 is 0 Å². The molecule has 1 atom stereocenters. The number of hydrogen-bond donors (Lipinski definition) is 0. The van der Waals surface area contributed by atoms with Gasteiger partial charge in [-0.3, -0.25) is 9.69 Å². The van der Waals surface area contributed by atoms with Crippen LogP contribution in [0, 0.1) is 6.92 Å². The predicted molar refractivity (Wildman–Crippen MR) is 89.8 cm³/mol. The molecule has 0 aromatic heterocycles. The van der Waals surface area contributed by atoms with Crippen molar-refractivity contribution in [3.8, 4) is 0 Å². The van der Waals surface area contributed by atoms with Gasteiger partial charge in [0.05, 0.1) is 6.04 Å². The Labute approximate surface area is 132 Å². The van der Waals surface area contributed by atoms with E-state index in [0.29, 0.717) is 0 Å². The maximum absolute atomic E-state index is 12.8. The van der Waals surface area contributed by atoms with E-state index in [4.69, 9.17) is 0 Å². The highest BCUT2D eigenvalue weighted by Crippen LogP contribution is 2.24. The van der Waals surface area contributed by atoms with E-state index in [1.54, 1.807) is 0 Å². The van der Waals surface area contributed by atoms with Gasteiger partial charge in [0.2, 0.25) is 5.91 Å². The zero-order chi connectivity index (χ0) is 15.5. The average molecular weight is 294 g/mol. The molecule has 22 heavy (non-hydrogen) atoms. The predicted octanol–water partition coefficient (Wildman–Crippen LogP) is 3.23. The molecule has 2 aromatic carbocycles. The molecule has 0 N–H and O–H groups in total. The van der Waals surface area contributed by atoms with Gasteiger partial charge in [-0.1, -0.05) is 48.5 Å². The van der Waals surface area contributed by atoms with Crippen molar-refractivity contribution < 1.29 is 4.79 Å². The van der Waals surface area contributed by atoms with Crippen molar-refractivity contribution in [3.63, 3.8) is 0 Å². The molecular weight excluding hydrogens is 272 g/mol. The lowest BCUT2D eigenvalue weighted by molar-refractivity contribution is -0.125. The molecule has 0 unspecified atom stereocenters. The van der Waals surface area contributed by atoms with Crippen LogP contribution in [0.3, 0.4) is 0 Å². The second-order valence-corrected chi connectivity index (χ2v) is 5.91. The molecule has 0 saturated carbocycles. The molecule has 114 valence electrons. The number of carbonyl (C=O) groups excluding carboxylic acids is 1. The van der Waals surface area contributed by atoms with Crippen LogP contribution in [0.4, 0.5) is 5.69 Å². The summed E-state index contributed by atoms with van der Waals surface area (Å²) >= 11 is 0. The number of hydrogen-bond acceptors (Lipinski definition) is 2. The first-order chi connectivity index (χ1) is 10.7. The summed E-state index contributed by atoms with van der Waals surface area (Å²) in [7, 11) is 0. The molecule has 1 heterocycles. The Morgan fingerprint density at radius 1 is 1.00 bits per heavy atom. The molecule has 3 heteroatoms. The maximum atomic E-state index is 12.8. The van der Waals surface area contributed by atoms with E-state index in [0.717, 1.165) is 30.9 Å². The van der Waals surface area contributed by atoms with Gasteiger partial charge in [0.15, 0.2) is 0 Å². The molecule has 3 rings (SSSR count). The van der Waals surface area contributed by atoms with E-state index >= 15 is 0 Å². The van der Waals surface area contributed by atoms with Crippen molar-refractivity contribution in [2.45, 2.75) is 26.4 Å². The minimum absolute atomic E-state index is 0.0893. The van der Waals surface area contributed by atoms with Gasteiger partial charge in [-0.2, -0.15) is 0 Å². The Hall–Kier alpha value is -2.13. The van der Waals surface area contributed by atoms with E-state index in [9.17, 15) is 4.79 Å². The van der Waals surface area contributed by atoms with Crippen molar-refractivity contribution in [2.24, 2.45) is 0 Å². The standard InChI is InChI=1S/C19H22N2O/c1-15-8-6-7-11-18(15)21-13-12-20(16(2)19(21)22)14-17-9-4-3-5-10-17/h3-11,16H,12-14H2,1-2H3/t16-/m0/s1. The van der Waals surface area contributed by atoms with E-state index in [2.05, 4.69) is 30.0 Å². The van der Waals surface area contributed by atoms with Crippen LogP contribution in [0.25, 0.3) is 0 Å². The molecule has 1 aliphatic rings. The van der Waals surface area contributed by atoms with Crippen molar-refractivity contribution in [2.75, 3.05) is 18.0 Å². The highest BCUT2D eigenvalue weighted by molar-refractivity contribution is 5.98. The second-order valence-electron chi connectivity index (χ2n) is 5.91. The van der Waals surface area contributed by atoms with Crippen LogP contribution in [0.1, 0.15) is 18.1 Å². The van der Waals surface area contributed by atoms with Crippen LogP contribution in [0.5, 0.6) is 0 Å². The lowest BCUT2D eigenvalue weighted by Gasteiger charge is -2.39. The summed E-state index contributed by atoms with van der Waals surface area (Å²) in [6.45, 7) is 6.55. The van der Waals surface area contributed by atoms with Crippen LogP contribution in [-0.2, 0) is 11.3 Å². The minimum atomic E-state index is -0.0893. The first-order valence-electron chi connectivity index (χ1n) is 7.82. The molecule has 1 saturated heterocycles. The monoisotopic (exact) mass is 294 g/mol. The first kappa shape index (κ1) is 14.8. The molecule has 0 bridgehead atoms. The highest BCUT2D eigenvalue weighted by atomic mass is 16.2. The topological polar surface area (TPSA) is 23.6 Å². The number of nitrogens with zero attached hydrogens (tertiary/aromatic N) is 2. The summed E-state index contributed by atoms with van der Waals surface area (Å²) < 4.78 is 0. The van der Waals surface area contributed by atoms with Crippen LogP contribution < -0.4 is 4.90 Å². The number of rotatable bonds is 3. The molecule has 1 fully saturated rings. The fourth-order valence-electron chi connectivity index (χ4n) is 3.05. The van der Waals surface area contributed by atoms with Crippen LogP contribution in [0.15, 0.2) is 54.6 Å². The van der Waals surface area contributed by atoms with E-state index in [-0.39, 0.29) is 11.9 Å². The van der Waals surface area contributed by atoms with Gasteiger partial charge >= 0.3 is 0 Å². The van der Waals surface area contributed by atoms with E-state index in [1.807, 2.05) is 48.2 Å². The third-order valence-corrected chi connectivity index (χ3v) is 4.42. The SMILES string of the molecule is Cc1ccccc1N1CCN(Cc2ccccc2)[C@@H](C)C1=O. The van der Waals surface area contributed by atoms with Gasteiger partial charge in [-0.25, -0.2) is 0 Å². The molecule has 3 nitrogen and oxygen atoms in total. The number of piperazine rings is 1. The summed E-state index contributed by atoms with van der Waals surface area (Å²) in [6, 6.07) is 18.4. The molecule has 1 amide bonds. The van der Waals surface area contributed by atoms with E-state index in [1.165, 1.54) is 5.56 Å². The molecule has 0 spiro atoms. The van der Waals surface area contributed by atoms with Gasteiger partial charge in [0, 0.05) is 25.3 Å². The number of amides is 1. The Balaban J connectivity index is 1.75. The molecule has 1 aliphatic heterocycles. The lowest BCUT2D eigenvalue weighted by Crippen LogP contribution is -2.55. The van der Waals surface area contributed by atoms with Crippen molar-refractivity contribution >= 4 is 11.6 Å². The summed E-state index contributed by atoms with van der Waals surface area (Å²) in [5, 5.41) is 0. The normalized spacial score (nSPS) is 19.5. The third-order valence-electron chi connectivity index (χ3n) is 4.42. The summed E-state index contributed by atoms with van der Waals surface area (Å²) in [6.07, 6.45) is 0. The molecule has 0 radical (unpaired) electrons. The Bertz CT molecular complexity index is 653. The summed E-state index contributed by atoms with van der Waals surface area (Å²) in [5.41, 5.74) is 3.45. The van der Waals surface area contributed by atoms with Crippen molar-refractivity contribution in [1.82, 2.24) is 4.90 Å². The fraction of sp³-hybridized carbons (Fsp3) is 0.316. The third kappa shape index (κ3) is 2.90. The molecular formula is C19H22N2O. The maximum Gasteiger partial charge on any atom is 0.244 e. The number of para-hydroxylation sites is 1. The van der Waals surface area contributed by atoms with Gasteiger partial charge in [0.25, 0.3) is 0 Å². The van der Waals surface area contributed by atoms with Crippen molar-refractivity contribution in [3.05, 3.63) is 65.7 Å². The Morgan fingerprint density at radius 3 is 2.41 bits per heavy atom. The summed E-state index contributed by atoms with van der Waals surface area (Å²) in [5.74, 6) is 0.191. The quantitative estimate of drug-likeness (QED) is 0.867. The number of aryl methyl sites for hydroxylation is 1. The lowest BCUT2D eigenvalue weighted by atomic mass is 10.1. The van der Waals surface area contributed by atoms with Crippen molar-refractivity contribution in [1.29, 1.82) is 0 Å². The van der Waals surface area contributed by atoms with Crippen LogP contribution in [-0.4, -0.2) is 29.9 Å². The smallest absolute Gasteiger partial charge is 0.244 e. The molecule has 2 aromatic rings. The van der Waals surface area contributed by atoms with Gasteiger partial charge < -0.3 is 4.90 Å². The second kappa shape index (κ2) is 6.32.